The normalized spacial score (nSPS) is 17.0. The molecule has 0 saturated heterocycles. The summed E-state index contributed by atoms with van der Waals surface area (Å²) in [5, 5.41) is 2.89. The van der Waals surface area contributed by atoms with E-state index in [-0.39, 0.29) is 24.5 Å². The minimum Gasteiger partial charge on any atom is -0.467 e. The molecule has 0 radical (unpaired) electrons. The fourth-order valence-corrected chi connectivity index (χ4v) is 2.79. The molecule has 2 unspecified atom stereocenters. The van der Waals surface area contributed by atoms with Crippen molar-refractivity contribution < 1.29 is 9.21 Å². The SMILES string of the molecule is CCC(N)C(c1ccco1)N1CC(=O)Nc2ccccc21. The highest BCUT2D eigenvalue weighted by atomic mass is 16.3. The number of hydrogen-bond donors (Lipinski definition) is 2. The predicted octanol–water partition coefficient (Wildman–Crippen LogP) is 2.52. The molecule has 5 heteroatoms. The monoisotopic (exact) mass is 285 g/mol. The van der Waals surface area contributed by atoms with Crippen molar-refractivity contribution in [2.45, 2.75) is 25.4 Å². The van der Waals surface area contributed by atoms with Gasteiger partial charge in [-0.3, -0.25) is 4.79 Å². The number of nitrogens with one attached hydrogen (secondary N) is 1. The number of furan rings is 1. The second kappa shape index (κ2) is 5.61. The van der Waals surface area contributed by atoms with Crippen LogP contribution in [-0.4, -0.2) is 18.5 Å². The molecule has 3 N–H and O–H groups in total. The van der Waals surface area contributed by atoms with Gasteiger partial charge in [0.25, 0.3) is 0 Å². The van der Waals surface area contributed by atoms with Gasteiger partial charge in [-0.1, -0.05) is 19.1 Å². The highest BCUT2D eigenvalue weighted by molar-refractivity contribution is 6.01. The Morgan fingerprint density at radius 3 is 2.86 bits per heavy atom. The van der Waals surface area contributed by atoms with E-state index in [4.69, 9.17) is 10.2 Å². The number of carbonyl (C=O) groups excluding carboxylic acids is 1. The highest BCUT2D eigenvalue weighted by Crippen LogP contribution is 2.37. The van der Waals surface area contributed by atoms with Crippen molar-refractivity contribution in [3.63, 3.8) is 0 Å². The van der Waals surface area contributed by atoms with E-state index in [1.165, 1.54) is 0 Å². The van der Waals surface area contributed by atoms with Crippen LogP contribution < -0.4 is 16.0 Å². The number of nitrogens with zero attached hydrogens (tertiary/aromatic N) is 1. The minimum absolute atomic E-state index is 0.0337. The van der Waals surface area contributed by atoms with Crippen LogP contribution in [0.5, 0.6) is 0 Å². The number of anilines is 2. The van der Waals surface area contributed by atoms with Gasteiger partial charge in [0.05, 0.1) is 24.2 Å². The third kappa shape index (κ3) is 2.52. The molecule has 1 aromatic heterocycles. The van der Waals surface area contributed by atoms with Gasteiger partial charge in [0, 0.05) is 6.04 Å². The van der Waals surface area contributed by atoms with Crippen LogP contribution in [0.2, 0.25) is 0 Å². The van der Waals surface area contributed by atoms with Gasteiger partial charge in [-0.2, -0.15) is 0 Å². The minimum atomic E-state index is -0.155. The maximum atomic E-state index is 12.0. The molecule has 2 aromatic rings. The van der Waals surface area contributed by atoms with Gasteiger partial charge in [-0.05, 0) is 30.7 Å². The molecule has 1 amide bonds. The average molecular weight is 285 g/mol. The van der Waals surface area contributed by atoms with Crippen LogP contribution >= 0.6 is 0 Å². The second-order valence-electron chi connectivity index (χ2n) is 5.23. The summed E-state index contributed by atoms with van der Waals surface area (Å²) in [5.41, 5.74) is 8.10. The van der Waals surface area contributed by atoms with Gasteiger partial charge in [-0.15, -0.1) is 0 Å². The van der Waals surface area contributed by atoms with E-state index < -0.39 is 0 Å². The summed E-state index contributed by atoms with van der Waals surface area (Å²) in [6, 6.07) is 11.2. The van der Waals surface area contributed by atoms with Crippen LogP contribution in [0.4, 0.5) is 11.4 Å². The van der Waals surface area contributed by atoms with Crippen molar-refractivity contribution in [1.82, 2.24) is 0 Å². The predicted molar refractivity (Wildman–Crippen MR) is 82.1 cm³/mol. The molecule has 21 heavy (non-hydrogen) atoms. The Balaban J connectivity index is 2.05. The lowest BCUT2D eigenvalue weighted by molar-refractivity contribution is -0.115. The van der Waals surface area contributed by atoms with Gasteiger partial charge in [0.1, 0.15) is 11.8 Å². The van der Waals surface area contributed by atoms with Crippen LogP contribution in [0.1, 0.15) is 25.1 Å². The first-order valence-electron chi connectivity index (χ1n) is 7.15. The molecular formula is C16H19N3O2. The summed E-state index contributed by atoms with van der Waals surface area (Å²) in [7, 11) is 0. The Labute approximate surface area is 123 Å². The first kappa shape index (κ1) is 13.7. The molecule has 0 saturated carbocycles. The highest BCUT2D eigenvalue weighted by Gasteiger charge is 2.33. The van der Waals surface area contributed by atoms with Gasteiger partial charge in [0.2, 0.25) is 5.91 Å². The van der Waals surface area contributed by atoms with Crippen molar-refractivity contribution in [3.8, 4) is 0 Å². The topological polar surface area (TPSA) is 71.5 Å². The van der Waals surface area contributed by atoms with E-state index in [9.17, 15) is 4.79 Å². The summed E-state index contributed by atoms with van der Waals surface area (Å²) in [4.78, 5) is 14.0. The molecular weight excluding hydrogens is 266 g/mol. The summed E-state index contributed by atoms with van der Waals surface area (Å²) >= 11 is 0. The summed E-state index contributed by atoms with van der Waals surface area (Å²) in [5.74, 6) is 0.752. The Morgan fingerprint density at radius 1 is 1.33 bits per heavy atom. The number of para-hydroxylation sites is 2. The van der Waals surface area contributed by atoms with E-state index >= 15 is 0 Å². The third-order valence-electron chi connectivity index (χ3n) is 3.85. The fraction of sp³-hybridized carbons (Fsp3) is 0.312. The van der Waals surface area contributed by atoms with Crippen molar-refractivity contribution in [3.05, 3.63) is 48.4 Å². The van der Waals surface area contributed by atoms with Crippen molar-refractivity contribution in [2.24, 2.45) is 5.73 Å². The summed E-state index contributed by atoms with van der Waals surface area (Å²) in [6.07, 6.45) is 2.44. The van der Waals surface area contributed by atoms with Crippen LogP contribution in [0.25, 0.3) is 0 Å². The van der Waals surface area contributed by atoms with Gasteiger partial charge in [0.15, 0.2) is 0 Å². The van der Waals surface area contributed by atoms with Gasteiger partial charge >= 0.3 is 0 Å². The zero-order chi connectivity index (χ0) is 14.8. The number of benzene rings is 1. The number of nitrogens with two attached hydrogens (primary N) is 1. The molecule has 0 bridgehead atoms. The smallest absolute Gasteiger partial charge is 0.243 e. The first-order chi connectivity index (χ1) is 10.2. The molecule has 0 spiro atoms. The fourth-order valence-electron chi connectivity index (χ4n) is 2.79. The molecule has 110 valence electrons. The maximum absolute atomic E-state index is 12.0. The quantitative estimate of drug-likeness (QED) is 0.905. The largest absolute Gasteiger partial charge is 0.467 e. The Hall–Kier alpha value is -2.27. The summed E-state index contributed by atoms with van der Waals surface area (Å²) in [6.45, 7) is 2.31. The average Bonchev–Trinajstić information content (AvgIpc) is 3.01. The maximum Gasteiger partial charge on any atom is 0.243 e. The molecule has 2 atom stereocenters. The standard InChI is InChI=1S/C16H19N3O2/c1-2-11(17)16(14-8-5-9-21-14)19-10-15(20)18-12-6-3-4-7-13(12)19/h3-9,11,16H,2,10,17H2,1H3,(H,18,20). The van der Waals surface area contributed by atoms with Crippen LogP contribution in [-0.2, 0) is 4.79 Å². The molecule has 5 nitrogen and oxygen atoms in total. The molecule has 2 heterocycles. The van der Waals surface area contributed by atoms with Crippen LogP contribution in [0, 0.1) is 0 Å². The number of rotatable bonds is 4. The van der Waals surface area contributed by atoms with Crippen LogP contribution in [0.3, 0.4) is 0 Å². The summed E-state index contributed by atoms with van der Waals surface area (Å²) < 4.78 is 5.57. The second-order valence-corrected chi connectivity index (χ2v) is 5.23. The number of hydrogen-bond acceptors (Lipinski definition) is 4. The van der Waals surface area contributed by atoms with E-state index in [0.717, 1.165) is 23.6 Å². The Bertz CT molecular complexity index is 624. The third-order valence-corrected chi connectivity index (χ3v) is 3.85. The molecule has 1 aliphatic rings. The first-order valence-corrected chi connectivity index (χ1v) is 7.15. The van der Waals surface area contributed by atoms with Crippen molar-refractivity contribution in [1.29, 1.82) is 0 Å². The molecule has 0 fully saturated rings. The van der Waals surface area contributed by atoms with Gasteiger partial charge in [-0.25, -0.2) is 0 Å². The molecule has 3 rings (SSSR count). The zero-order valence-corrected chi connectivity index (χ0v) is 12.0. The van der Waals surface area contributed by atoms with Crippen molar-refractivity contribution in [2.75, 3.05) is 16.8 Å². The lowest BCUT2D eigenvalue weighted by Gasteiger charge is -2.38. The lowest BCUT2D eigenvalue weighted by atomic mass is 10.00. The number of carbonyl (C=O) groups is 1. The van der Waals surface area contributed by atoms with E-state index in [1.54, 1.807) is 6.26 Å². The molecule has 1 aromatic carbocycles. The van der Waals surface area contributed by atoms with E-state index in [2.05, 4.69) is 5.32 Å². The van der Waals surface area contributed by atoms with E-state index in [1.807, 2.05) is 48.2 Å². The molecule has 1 aliphatic heterocycles. The Kier molecular flexibility index (Phi) is 3.66. The lowest BCUT2D eigenvalue weighted by Crippen LogP contribution is -2.46. The number of amides is 1. The Morgan fingerprint density at radius 2 is 2.14 bits per heavy atom. The molecule has 0 aliphatic carbocycles. The zero-order valence-electron chi connectivity index (χ0n) is 12.0. The van der Waals surface area contributed by atoms with Crippen molar-refractivity contribution >= 4 is 17.3 Å². The number of fused-ring (bicyclic) bond motifs is 1. The van der Waals surface area contributed by atoms with E-state index in [0.29, 0.717) is 0 Å². The van der Waals surface area contributed by atoms with Crippen LogP contribution in [0.15, 0.2) is 47.1 Å². The van der Waals surface area contributed by atoms with Gasteiger partial charge < -0.3 is 20.4 Å².